The third kappa shape index (κ3) is 9.21. The Balaban J connectivity index is 2.77. The summed E-state index contributed by atoms with van der Waals surface area (Å²) in [4.78, 5) is 23.1. The first-order valence-electron chi connectivity index (χ1n) is 9.53. The van der Waals surface area contributed by atoms with Gasteiger partial charge in [-0.3, -0.25) is 9.59 Å². The standard InChI is InChI=1S/C20H29Br2NO4/c1-2-3-6-9-15(24)11-12-18-16(21)14-17(22)20(27)23(18)13-8-5-4-7-10-19(25)26/h11-12,14-15,24H,2-10,13H2,1H3,(H,25,26)/b12-11+. The molecule has 152 valence electrons. The lowest BCUT2D eigenvalue weighted by Crippen LogP contribution is -2.23. The number of aliphatic hydroxyl groups is 1. The number of aliphatic carboxylic acids is 1. The molecule has 0 bridgehead atoms. The molecule has 0 aliphatic heterocycles. The fourth-order valence-electron chi connectivity index (χ4n) is 2.81. The van der Waals surface area contributed by atoms with E-state index in [1.54, 1.807) is 22.8 Å². The van der Waals surface area contributed by atoms with Gasteiger partial charge in [0, 0.05) is 17.4 Å². The fourth-order valence-corrected chi connectivity index (χ4v) is 4.13. The van der Waals surface area contributed by atoms with Crippen LogP contribution in [0, 0.1) is 0 Å². The highest BCUT2D eigenvalue weighted by Crippen LogP contribution is 2.22. The molecule has 0 saturated carbocycles. The molecule has 1 atom stereocenters. The van der Waals surface area contributed by atoms with Crippen molar-refractivity contribution >= 4 is 43.9 Å². The summed E-state index contributed by atoms with van der Waals surface area (Å²) in [6.45, 7) is 2.68. The van der Waals surface area contributed by atoms with Gasteiger partial charge in [-0.05, 0) is 63.3 Å². The topological polar surface area (TPSA) is 79.5 Å². The van der Waals surface area contributed by atoms with Crippen LogP contribution in [0.15, 0.2) is 25.9 Å². The van der Waals surface area contributed by atoms with Gasteiger partial charge >= 0.3 is 5.97 Å². The van der Waals surface area contributed by atoms with E-state index in [0.717, 1.165) is 48.7 Å². The fraction of sp³-hybridized carbons (Fsp3) is 0.600. The minimum Gasteiger partial charge on any atom is -0.481 e. The largest absolute Gasteiger partial charge is 0.481 e. The second-order valence-corrected chi connectivity index (χ2v) is 8.37. The zero-order chi connectivity index (χ0) is 20.2. The molecule has 27 heavy (non-hydrogen) atoms. The van der Waals surface area contributed by atoms with E-state index in [2.05, 4.69) is 38.8 Å². The monoisotopic (exact) mass is 505 g/mol. The smallest absolute Gasteiger partial charge is 0.303 e. The summed E-state index contributed by atoms with van der Waals surface area (Å²) in [7, 11) is 0. The van der Waals surface area contributed by atoms with E-state index in [0.29, 0.717) is 23.9 Å². The number of rotatable bonds is 13. The molecule has 0 aliphatic carbocycles. The normalized spacial score (nSPS) is 12.6. The molecule has 1 aromatic rings. The first-order valence-corrected chi connectivity index (χ1v) is 11.1. The summed E-state index contributed by atoms with van der Waals surface area (Å²) < 4.78 is 2.97. The van der Waals surface area contributed by atoms with Gasteiger partial charge in [-0.1, -0.05) is 45.1 Å². The molecule has 1 aromatic heterocycles. The molecule has 0 amide bonds. The molecule has 2 N–H and O–H groups in total. The highest BCUT2D eigenvalue weighted by molar-refractivity contribution is 9.11. The molecular weight excluding hydrogens is 478 g/mol. The maximum Gasteiger partial charge on any atom is 0.303 e. The van der Waals surface area contributed by atoms with Crippen molar-refractivity contribution in [1.82, 2.24) is 4.57 Å². The van der Waals surface area contributed by atoms with E-state index in [1.165, 1.54) is 0 Å². The summed E-state index contributed by atoms with van der Waals surface area (Å²) in [5.74, 6) is -0.771. The number of carboxylic acids is 1. The molecule has 1 heterocycles. The van der Waals surface area contributed by atoms with Crippen molar-refractivity contribution in [1.29, 1.82) is 0 Å². The summed E-state index contributed by atoms with van der Waals surface area (Å²) in [6.07, 6.45) is 10.3. The number of carbonyl (C=O) groups is 1. The SMILES string of the molecule is CCCCCC(O)/C=C/c1c(Br)cc(Br)c(=O)n1CCCCCCC(=O)O. The van der Waals surface area contributed by atoms with E-state index < -0.39 is 12.1 Å². The van der Waals surface area contributed by atoms with Crippen LogP contribution in [0.3, 0.4) is 0 Å². The molecule has 0 fully saturated rings. The Morgan fingerprint density at radius 3 is 2.52 bits per heavy atom. The van der Waals surface area contributed by atoms with Gasteiger partial charge in [0.2, 0.25) is 0 Å². The number of unbranched alkanes of at least 4 members (excludes halogenated alkanes) is 5. The number of carboxylic acid groups (broad SMARTS) is 1. The Labute approximate surface area is 177 Å². The van der Waals surface area contributed by atoms with E-state index in [4.69, 9.17) is 5.11 Å². The number of halogens is 2. The molecule has 0 radical (unpaired) electrons. The summed E-state index contributed by atoms with van der Waals surface area (Å²) >= 11 is 6.81. The number of nitrogens with zero attached hydrogens (tertiary/aromatic N) is 1. The van der Waals surface area contributed by atoms with Gasteiger partial charge in [-0.25, -0.2) is 0 Å². The van der Waals surface area contributed by atoms with Crippen LogP contribution in [-0.2, 0) is 11.3 Å². The van der Waals surface area contributed by atoms with Crippen LogP contribution >= 0.6 is 31.9 Å². The van der Waals surface area contributed by atoms with E-state index >= 15 is 0 Å². The van der Waals surface area contributed by atoms with Crippen molar-refractivity contribution < 1.29 is 15.0 Å². The quantitative estimate of drug-likeness (QED) is 0.353. The maximum absolute atomic E-state index is 12.5. The van der Waals surface area contributed by atoms with E-state index in [-0.39, 0.29) is 12.0 Å². The minimum absolute atomic E-state index is 0.108. The first kappa shape index (κ1) is 24.1. The Hall–Kier alpha value is -0.920. The zero-order valence-electron chi connectivity index (χ0n) is 15.8. The van der Waals surface area contributed by atoms with Crippen LogP contribution in [0.2, 0.25) is 0 Å². The molecule has 0 aromatic carbocycles. The van der Waals surface area contributed by atoms with Gasteiger partial charge in [-0.2, -0.15) is 0 Å². The van der Waals surface area contributed by atoms with Crippen LogP contribution in [0.1, 0.15) is 70.4 Å². The predicted octanol–water partition coefficient (Wildman–Crippen LogP) is 5.36. The van der Waals surface area contributed by atoms with Crippen molar-refractivity contribution in [2.24, 2.45) is 0 Å². The van der Waals surface area contributed by atoms with Gasteiger partial charge in [0.1, 0.15) is 0 Å². The number of hydrogen-bond donors (Lipinski definition) is 2. The van der Waals surface area contributed by atoms with E-state index in [9.17, 15) is 14.7 Å². The predicted molar refractivity (Wildman–Crippen MR) is 116 cm³/mol. The molecular formula is C20H29Br2NO4. The third-order valence-electron chi connectivity index (χ3n) is 4.34. The van der Waals surface area contributed by atoms with Crippen LogP contribution in [-0.4, -0.2) is 26.9 Å². The summed E-state index contributed by atoms with van der Waals surface area (Å²) in [5, 5.41) is 18.8. The molecule has 5 nitrogen and oxygen atoms in total. The average molecular weight is 507 g/mol. The van der Waals surface area contributed by atoms with Crippen LogP contribution in [0.25, 0.3) is 6.08 Å². The minimum atomic E-state index is -0.771. The molecule has 7 heteroatoms. The van der Waals surface area contributed by atoms with Gasteiger partial charge in [0.15, 0.2) is 0 Å². The Morgan fingerprint density at radius 1 is 1.15 bits per heavy atom. The van der Waals surface area contributed by atoms with Crippen LogP contribution in [0.5, 0.6) is 0 Å². The van der Waals surface area contributed by atoms with Crippen LogP contribution in [0.4, 0.5) is 0 Å². The number of hydrogen-bond acceptors (Lipinski definition) is 3. The lowest BCUT2D eigenvalue weighted by atomic mass is 10.1. The molecule has 1 unspecified atom stereocenters. The van der Waals surface area contributed by atoms with Crippen molar-refractivity contribution in [3.63, 3.8) is 0 Å². The first-order chi connectivity index (χ1) is 12.9. The van der Waals surface area contributed by atoms with E-state index in [1.807, 2.05) is 0 Å². The van der Waals surface area contributed by atoms with Gasteiger partial charge in [0.25, 0.3) is 5.56 Å². The lowest BCUT2D eigenvalue weighted by molar-refractivity contribution is -0.137. The lowest BCUT2D eigenvalue weighted by Gasteiger charge is -2.13. The molecule has 0 spiro atoms. The zero-order valence-corrected chi connectivity index (χ0v) is 19.0. The number of pyridine rings is 1. The van der Waals surface area contributed by atoms with Gasteiger partial charge in [-0.15, -0.1) is 0 Å². The molecule has 1 rings (SSSR count). The van der Waals surface area contributed by atoms with Gasteiger partial charge < -0.3 is 14.8 Å². The Kier molecular flexibility index (Phi) is 11.9. The second-order valence-electron chi connectivity index (χ2n) is 6.66. The Morgan fingerprint density at radius 2 is 1.85 bits per heavy atom. The maximum atomic E-state index is 12.5. The Bertz CT molecular complexity index is 685. The summed E-state index contributed by atoms with van der Waals surface area (Å²) in [6, 6.07) is 1.73. The molecule has 0 saturated heterocycles. The molecule has 0 aliphatic rings. The van der Waals surface area contributed by atoms with Gasteiger partial charge in [0.05, 0.1) is 16.3 Å². The van der Waals surface area contributed by atoms with Crippen molar-refractivity contribution in [3.05, 3.63) is 37.1 Å². The average Bonchev–Trinajstić information content (AvgIpc) is 2.61. The van der Waals surface area contributed by atoms with Crippen molar-refractivity contribution in [2.75, 3.05) is 0 Å². The number of aliphatic hydroxyl groups excluding tert-OH is 1. The van der Waals surface area contributed by atoms with Crippen LogP contribution < -0.4 is 5.56 Å². The second kappa shape index (κ2) is 13.3. The highest BCUT2D eigenvalue weighted by atomic mass is 79.9. The highest BCUT2D eigenvalue weighted by Gasteiger charge is 2.11. The number of aromatic nitrogens is 1. The van der Waals surface area contributed by atoms with Crippen molar-refractivity contribution in [3.8, 4) is 0 Å². The third-order valence-corrected chi connectivity index (χ3v) is 5.54. The van der Waals surface area contributed by atoms with Crippen molar-refractivity contribution in [2.45, 2.75) is 77.4 Å². The summed E-state index contributed by atoms with van der Waals surface area (Å²) in [5.41, 5.74) is 0.632.